The Morgan fingerprint density at radius 2 is 2.13 bits per heavy atom. The molecule has 3 heterocycles. The molecule has 1 aliphatic rings. The second-order valence-corrected chi connectivity index (χ2v) is 5.90. The molecule has 0 aromatic carbocycles. The minimum Gasteiger partial charge on any atom is -0.495 e. The van der Waals surface area contributed by atoms with Gasteiger partial charge in [-0.05, 0) is 25.8 Å². The van der Waals surface area contributed by atoms with Gasteiger partial charge in [0.1, 0.15) is 11.6 Å². The molecule has 3 rings (SSSR count). The van der Waals surface area contributed by atoms with Gasteiger partial charge in [-0.15, -0.1) is 0 Å². The Morgan fingerprint density at radius 1 is 1.26 bits per heavy atom. The van der Waals surface area contributed by atoms with Crippen molar-refractivity contribution in [1.82, 2.24) is 15.0 Å². The molecule has 1 aliphatic heterocycles. The Kier molecular flexibility index (Phi) is 4.60. The number of ether oxygens (including phenoxy) is 1. The highest BCUT2D eigenvalue weighted by atomic mass is 16.5. The van der Waals surface area contributed by atoms with Crippen LogP contribution in [0.2, 0.25) is 0 Å². The summed E-state index contributed by atoms with van der Waals surface area (Å²) in [6, 6.07) is 4.26. The molecule has 1 fully saturated rings. The van der Waals surface area contributed by atoms with Crippen LogP contribution in [0.15, 0.2) is 24.5 Å². The van der Waals surface area contributed by atoms with Crippen molar-refractivity contribution in [3.05, 3.63) is 35.8 Å². The van der Waals surface area contributed by atoms with E-state index in [-0.39, 0.29) is 6.04 Å². The van der Waals surface area contributed by atoms with Crippen molar-refractivity contribution in [3.63, 3.8) is 0 Å². The third kappa shape index (κ3) is 3.36. The zero-order chi connectivity index (χ0) is 16.2. The summed E-state index contributed by atoms with van der Waals surface area (Å²) in [6.45, 7) is 2.90. The first kappa shape index (κ1) is 15.5. The van der Waals surface area contributed by atoms with Crippen molar-refractivity contribution in [1.29, 1.82) is 0 Å². The third-order valence-corrected chi connectivity index (χ3v) is 4.30. The van der Waals surface area contributed by atoms with Gasteiger partial charge in [-0.1, -0.05) is 12.8 Å². The van der Waals surface area contributed by atoms with E-state index in [0.29, 0.717) is 5.95 Å². The summed E-state index contributed by atoms with van der Waals surface area (Å²) in [5.41, 5.74) is 7.90. The minimum atomic E-state index is 0.212. The van der Waals surface area contributed by atoms with Crippen LogP contribution >= 0.6 is 0 Å². The number of nitrogen functional groups attached to an aromatic ring is 1. The van der Waals surface area contributed by atoms with Crippen LogP contribution < -0.4 is 15.4 Å². The fourth-order valence-corrected chi connectivity index (χ4v) is 3.26. The van der Waals surface area contributed by atoms with Crippen molar-refractivity contribution < 1.29 is 4.74 Å². The van der Waals surface area contributed by atoms with Crippen molar-refractivity contribution in [3.8, 4) is 5.75 Å². The average molecular weight is 313 g/mol. The number of methoxy groups -OCH3 is 1. The average Bonchev–Trinajstić information content (AvgIpc) is 2.79. The van der Waals surface area contributed by atoms with Gasteiger partial charge in [0.05, 0.1) is 19.3 Å². The van der Waals surface area contributed by atoms with Crippen molar-refractivity contribution in [2.75, 3.05) is 24.3 Å². The smallest absolute Gasteiger partial charge is 0.222 e. The van der Waals surface area contributed by atoms with Gasteiger partial charge in [0.25, 0.3) is 0 Å². The van der Waals surface area contributed by atoms with Gasteiger partial charge in [0.2, 0.25) is 5.95 Å². The summed E-state index contributed by atoms with van der Waals surface area (Å²) in [5, 5.41) is 0. The number of hydrogen-bond donors (Lipinski definition) is 1. The standard InChI is InChI=1S/C17H23N5O/c1-12-10-16(21-17(18)20-12)22-9-5-3-4-6-14(22)13-7-8-19-11-15(13)23-2/h7-8,10-11,14H,3-6,9H2,1-2H3,(H2,18,20,21)/t14-/m1/s1. The maximum Gasteiger partial charge on any atom is 0.222 e. The van der Waals surface area contributed by atoms with Gasteiger partial charge >= 0.3 is 0 Å². The van der Waals surface area contributed by atoms with Crippen LogP contribution in [0.25, 0.3) is 0 Å². The largest absolute Gasteiger partial charge is 0.495 e. The van der Waals surface area contributed by atoms with E-state index in [2.05, 4.69) is 19.9 Å². The molecule has 23 heavy (non-hydrogen) atoms. The second-order valence-electron chi connectivity index (χ2n) is 5.90. The highest BCUT2D eigenvalue weighted by Gasteiger charge is 2.26. The number of pyridine rings is 1. The normalized spacial score (nSPS) is 18.5. The Labute approximate surface area is 136 Å². The van der Waals surface area contributed by atoms with E-state index < -0.39 is 0 Å². The Hall–Kier alpha value is -2.37. The van der Waals surface area contributed by atoms with Crippen LogP contribution in [0.3, 0.4) is 0 Å². The fourth-order valence-electron chi connectivity index (χ4n) is 3.26. The Bertz CT molecular complexity index is 656. The molecule has 122 valence electrons. The number of aromatic nitrogens is 3. The lowest BCUT2D eigenvalue weighted by molar-refractivity contribution is 0.400. The van der Waals surface area contributed by atoms with Gasteiger partial charge in [0, 0.05) is 30.1 Å². The third-order valence-electron chi connectivity index (χ3n) is 4.30. The van der Waals surface area contributed by atoms with Gasteiger partial charge in [-0.25, -0.2) is 4.98 Å². The van der Waals surface area contributed by atoms with Crippen LogP contribution in [0.5, 0.6) is 5.75 Å². The predicted octanol–water partition coefficient (Wildman–Crippen LogP) is 2.89. The summed E-state index contributed by atoms with van der Waals surface area (Å²) < 4.78 is 5.52. The molecule has 2 aromatic rings. The molecule has 0 spiro atoms. The van der Waals surface area contributed by atoms with Crippen LogP contribution in [0, 0.1) is 6.92 Å². The number of aryl methyl sites for hydroxylation is 1. The minimum absolute atomic E-state index is 0.212. The Balaban J connectivity index is 2.03. The van der Waals surface area contributed by atoms with E-state index in [0.717, 1.165) is 42.2 Å². The maximum absolute atomic E-state index is 5.86. The number of anilines is 2. The molecule has 6 heteroatoms. The van der Waals surface area contributed by atoms with E-state index in [1.165, 1.54) is 12.8 Å². The highest BCUT2D eigenvalue weighted by molar-refractivity contribution is 5.48. The molecule has 0 amide bonds. The lowest BCUT2D eigenvalue weighted by atomic mass is 10.0. The van der Waals surface area contributed by atoms with E-state index in [4.69, 9.17) is 10.5 Å². The van der Waals surface area contributed by atoms with Crippen LogP contribution in [-0.2, 0) is 0 Å². The first-order chi connectivity index (χ1) is 11.2. The highest BCUT2D eigenvalue weighted by Crippen LogP contribution is 2.37. The summed E-state index contributed by atoms with van der Waals surface area (Å²) in [7, 11) is 1.69. The lowest BCUT2D eigenvalue weighted by Gasteiger charge is -2.32. The van der Waals surface area contributed by atoms with Crippen molar-refractivity contribution in [2.24, 2.45) is 0 Å². The molecule has 1 saturated heterocycles. The Morgan fingerprint density at radius 3 is 2.91 bits per heavy atom. The molecule has 1 atom stereocenters. The first-order valence-electron chi connectivity index (χ1n) is 8.04. The molecule has 0 aliphatic carbocycles. The maximum atomic E-state index is 5.86. The predicted molar refractivity (Wildman–Crippen MR) is 90.5 cm³/mol. The number of hydrogen-bond acceptors (Lipinski definition) is 6. The van der Waals surface area contributed by atoms with Crippen molar-refractivity contribution in [2.45, 2.75) is 38.6 Å². The van der Waals surface area contributed by atoms with Crippen LogP contribution in [-0.4, -0.2) is 28.6 Å². The topological polar surface area (TPSA) is 77.2 Å². The molecule has 0 saturated carbocycles. The van der Waals surface area contributed by atoms with E-state index in [1.807, 2.05) is 25.3 Å². The van der Waals surface area contributed by atoms with E-state index >= 15 is 0 Å². The van der Waals surface area contributed by atoms with Gasteiger partial charge in [0.15, 0.2) is 0 Å². The number of nitrogens with zero attached hydrogens (tertiary/aromatic N) is 4. The summed E-state index contributed by atoms with van der Waals surface area (Å²) in [6.07, 6.45) is 8.21. The van der Waals surface area contributed by atoms with Gasteiger partial charge < -0.3 is 15.4 Å². The number of nitrogens with two attached hydrogens (primary N) is 1. The lowest BCUT2D eigenvalue weighted by Crippen LogP contribution is -2.30. The quantitative estimate of drug-likeness (QED) is 0.939. The fraction of sp³-hybridized carbons (Fsp3) is 0.471. The molecule has 6 nitrogen and oxygen atoms in total. The number of rotatable bonds is 3. The monoisotopic (exact) mass is 313 g/mol. The first-order valence-corrected chi connectivity index (χ1v) is 8.04. The molecule has 2 N–H and O–H groups in total. The van der Waals surface area contributed by atoms with E-state index in [9.17, 15) is 0 Å². The molecule has 0 bridgehead atoms. The van der Waals surface area contributed by atoms with Crippen LogP contribution in [0.1, 0.15) is 43.0 Å². The summed E-state index contributed by atoms with van der Waals surface area (Å²) >= 11 is 0. The van der Waals surface area contributed by atoms with Gasteiger partial charge in [-0.2, -0.15) is 4.98 Å². The molecular formula is C17H23N5O. The van der Waals surface area contributed by atoms with Crippen molar-refractivity contribution >= 4 is 11.8 Å². The second kappa shape index (κ2) is 6.81. The molecule has 0 radical (unpaired) electrons. The zero-order valence-electron chi connectivity index (χ0n) is 13.7. The molecular weight excluding hydrogens is 290 g/mol. The van der Waals surface area contributed by atoms with Crippen LogP contribution in [0.4, 0.5) is 11.8 Å². The SMILES string of the molecule is COc1cnccc1[C@H]1CCCCCN1c1cc(C)nc(N)n1. The zero-order valence-corrected chi connectivity index (χ0v) is 13.7. The summed E-state index contributed by atoms with van der Waals surface area (Å²) in [4.78, 5) is 15.2. The molecule has 2 aromatic heterocycles. The molecule has 0 unspecified atom stereocenters. The van der Waals surface area contributed by atoms with E-state index in [1.54, 1.807) is 13.3 Å². The van der Waals surface area contributed by atoms with Gasteiger partial charge in [-0.3, -0.25) is 4.98 Å². The summed E-state index contributed by atoms with van der Waals surface area (Å²) in [5.74, 6) is 2.04.